The Morgan fingerprint density at radius 3 is 2.58 bits per heavy atom. The molecule has 0 aliphatic carbocycles. The number of nitrogens with two attached hydrogens (primary N) is 2. The van der Waals surface area contributed by atoms with Crippen LogP contribution in [0.4, 0.5) is 11.5 Å². The van der Waals surface area contributed by atoms with Crippen LogP contribution in [-0.4, -0.2) is 4.98 Å². The molecule has 2 aromatic carbocycles. The van der Waals surface area contributed by atoms with Gasteiger partial charge in [-0.25, -0.2) is 4.98 Å². The lowest BCUT2D eigenvalue weighted by Gasteiger charge is -2.15. The zero-order valence-corrected chi connectivity index (χ0v) is 15.5. The molecular weight excluding hydrogens is 340 g/mol. The second-order valence-electron chi connectivity index (χ2n) is 6.45. The lowest BCUT2D eigenvalue weighted by atomic mass is 9.97. The molecular formula is C21H20N4S. The third-order valence-electron chi connectivity index (χ3n) is 4.54. The van der Waals surface area contributed by atoms with E-state index in [4.69, 9.17) is 11.6 Å². The number of hydrogen-bond donors (Lipinski definition) is 3. The number of hydrazine groups is 1. The molecule has 0 fully saturated rings. The van der Waals surface area contributed by atoms with Gasteiger partial charge in [0.2, 0.25) is 0 Å². The number of benzene rings is 2. The molecule has 0 spiro atoms. The standard InChI is InChI=1S/C21H20N4S/c1-12-7-16(21(22)24-11-12)15-8-13(2)20(25-23)17(9-15)19-10-14-5-3-4-6-18(14)26-19/h3-11,25H,23H2,1-2H3,(H2,22,24). The summed E-state index contributed by atoms with van der Waals surface area (Å²) in [5.41, 5.74) is 15.2. The molecule has 0 saturated carbocycles. The molecule has 4 rings (SSSR count). The first-order chi connectivity index (χ1) is 12.6. The van der Waals surface area contributed by atoms with Crippen LogP contribution < -0.4 is 17.0 Å². The molecule has 4 aromatic rings. The Labute approximate surface area is 156 Å². The Morgan fingerprint density at radius 1 is 1.00 bits per heavy atom. The number of nitrogens with zero attached hydrogens (tertiary/aromatic N) is 1. The number of aromatic nitrogens is 1. The summed E-state index contributed by atoms with van der Waals surface area (Å²) >= 11 is 1.76. The van der Waals surface area contributed by atoms with Gasteiger partial charge < -0.3 is 11.2 Å². The number of nitrogens with one attached hydrogen (secondary N) is 1. The molecule has 0 aliphatic rings. The highest BCUT2D eigenvalue weighted by atomic mass is 32.1. The Morgan fingerprint density at radius 2 is 1.81 bits per heavy atom. The zero-order valence-electron chi connectivity index (χ0n) is 14.7. The number of thiophene rings is 1. The molecule has 5 N–H and O–H groups in total. The molecule has 2 heterocycles. The second kappa shape index (κ2) is 6.44. The second-order valence-corrected chi connectivity index (χ2v) is 7.54. The highest BCUT2D eigenvalue weighted by Crippen LogP contribution is 2.41. The largest absolute Gasteiger partial charge is 0.383 e. The van der Waals surface area contributed by atoms with E-state index in [0.29, 0.717) is 5.82 Å². The summed E-state index contributed by atoms with van der Waals surface area (Å²) in [4.78, 5) is 5.47. The number of aryl methyl sites for hydroxylation is 2. The van der Waals surface area contributed by atoms with Crippen molar-refractivity contribution in [3.05, 3.63) is 65.9 Å². The minimum atomic E-state index is 0.533. The van der Waals surface area contributed by atoms with Gasteiger partial charge in [0.05, 0.1) is 5.69 Å². The minimum Gasteiger partial charge on any atom is -0.383 e. The number of anilines is 2. The minimum absolute atomic E-state index is 0.533. The quantitative estimate of drug-likeness (QED) is 0.350. The van der Waals surface area contributed by atoms with Gasteiger partial charge in [-0.2, -0.15) is 0 Å². The van der Waals surface area contributed by atoms with Crippen LogP contribution in [0, 0.1) is 13.8 Å². The Bertz CT molecular complexity index is 1080. The Kier molecular flexibility index (Phi) is 4.11. The van der Waals surface area contributed by atoms with Crippen LogP contribution in [-0.2, 0) is 0 Å². The van der Waals surface area contributed by atoms with Crippen LogP contribution >= 0.6 is 11.3 Å². The molecule has 0 saturated heterocycles. The maximum Gasteiger partial charge on any atom is 0.131 e. The van der Waals surface area contributed by atoms with Crippen molar-refractivity contribution in [2.24, 2.45) is 5.84 Å². The van der Waals surface area contributed by atoms with Crippen LogP contribution in [0.5, 0.6) is 0 Å². The van der Waals surface area contributed by atoms with Gasteiger partial charge >= 0.3 is 0 Å². The molecule has 5 heteroatoms. The van der Waals surface area contributed by atoms with Crippen LogP contribution in [0.15, 0.2) is 54.7 Å². The van der Waals surface area contributed by atoms with E-state index in [0.717, 1.165) is 33.5 Å². The normalized spacial score (nSPS) is 11.0. The monoisotopic (exact) mass is 360 g/mol. The lowest BCUT2D eigenvalue weighted by molar-refractivity contribution is 1.27. The average Bonchev–Trinajstić information content (AvgIpc) is 3.07. The summed E-state index contributed by atoms with van der Waals surface area (Å²) in [7, 11) is 0. The van der Waals surface area contributed by atoms with Gasteiger partial charge in [-0.15, -0.1) is 11.3 Å². The van der Waals surface area contributed by atoms with Gasteiger partial charge in [0.25, 0.3) is 0 Å². The van der Waals surface area contributed by atoms with Gasteiger partial charge in [-0.3, -0.25) is 5.84 Å². The number of rotatable bonds is 3. The third kappa shape index (κ3) is 2.81. The van der Waals surface area contributed by atoms with Gasteiger partial charge in [-0.05, 0) is 66.3 Å². The molecule has 26 heavy (non-hydrogen) atoms. The number of pyridine rings is 1. The Balaban J connectivity index is 1.96. The van der Waals surface area contributed by atoms with Gasteiger partial charge in [0.1, 0.15) is 5.82 Å². The first kappa shape index (κ1) is 16.6. The molecule has 0 unspecified atom stereocenters. The van der Waals surface area contributed by atoms with Crippen molar-refractivity contribution in [2.75, 3.05) is 11.2 Å². The zero-order chi connectivity index (χ0) is 18.3. The van der Waals surface area contributed by atoms with Gasteiger partial charge in [0, 0.05) is 26.9 Å². The molecule has 4 nitrogen and oxygen atoms in total. The van der Waals surface area contributed by atoms with Crippen molar-refractivity contribution in [3.8, 4) is 21.6 Å². The topological polar surface area (TPSA) is 77.0 Å². The predicted molar refractivity (Wildman–Crippen MR) is 112 cm³/mol. The van der Waals surface area contributed by atoms with Crippen molar-refractivity contribution >= 4 is 32.9 Å². The fraction of sp³-hybridized carbons (Fsp3) is 0.0952. The van der Waals surface area contributed by atoms with E-state index in [-0.39, 0.29) is 0 Å². The SMILES string of the molecule is Cc1cnc(N)c(-c2cc(C)c(NN)c(-c3cc4ccccc4s3)c2)c1. The number of hydrogen-bond acceptors (Lipinski definition) is 5. The molecule has 0 amide bonds. The Hall–Kier alpha value is -2.89. The highest BCUT2D eigenvalue weighted by molar-refractivity contribution is 7.22. The van der Waals surface area contributed by atoms with E-state index in [1.54, 1.807) is 17.5 Å². The van der Waals surface area contributed by atoms with E-state index < -0.39 is 0 Å². The smallest absolute Gasteiger partial charge is 0.131 e. The van der Waals surface area contributed by atoms with Crippen molar-refractivity contribution < 1.29 is 0 Å². The first-order valence-corrected chi connectivity index (χ1v) is 9.21. The molecule has 2 aromatic heterocycles. The van der Waals surface area contributed by atoms with Crippen LogP contribution in [0.2, 0.25) is 0 Å². The van der Waals surface area contributed by atoms with E-state index in [1.165, 1.54) is 15.0 Å². The van der Waals surface area contributed by atoms with Crippen molar-refractivity contribution in [1.29, 1.82) is 0 Å². The molecule has 0 atom stereocenters. The summed E-state index contributed by atoms with van der Waals surface area (Å²) in [5.74, 6) is 6.38. The highest BCUT2D eigenvalue weighted by Gasteiger charge is 2.15. The predicted octanol–water partition coefficient (Wildman–Crippen LogP) is 5.11. The summed E-state index contributed by atoms with van der Waals surface area (Å²) in [5, 5.41) is 1.23. The first-order valence-electron chi connectivity index (χ1n) is 8.39. The lowest BCUT2D eigenvalue weighted by Crippen LogP contribution is -2.09. The number of nitrogen functional groups attached to an aromatic ring is 2. The van der Waals surface area contributed by atoms with Crippen LogP contribution in [0.3, 0.4) is 0 Å². The maximum atomic E-state index is 6.14. The summed E-state index contributed by atoms with van der Waals surface area (Å²) in [6.07, 6.45) is 1.79. The van der Waals surface area contributed by atoms with E-state index >= 15 is 0 Å². The molecule has 0 bridgehead atoms. The average molecular weight is 360 g/mol. The maximum absolute atomic E-state index is 6.14. The summed E-state index contributed by atoms with van der Waals surface area (Å²) in [6, 6.07) is 16.9. The van der Waals surface area contributed by atoms with Crippen LogP contribution in [0.25, 0.3) is 31.7 Å². The van der Waals surface area contributed by atoms with Crippen molar-refractivity contribution in [3.63, 3.8) is 0 Å². The van der Waals surface area contributed by atoms with Gasteiger partial charge in [-0.1, -0.05) is 18.2 Å². The van der Waals surface area contributed by atoms with E-state index in [1.807, 2.05) is 6.92 Å². The molecule has 0 radical (unpaired) electrons. The summed E-state index contributed by atoms with van der Waals surface area (Å²) < 4.78 is 1.25. The summed E-state index contributed by atoms with van der Waals surface area (Å²) in [6.45, 7) is 4.07. The molecule has 0 aliphatic heterocycles. The fourth-order valence-corrected chi connectivity index (χ4v) is 4.34. The van der Waals surface area contributed by atoms with Crippen LogP contribution in [0.1, 0.15) is 11.1 Å². The van der Waals surface area contributed by atoms with E-state index in [9.17, 15) is 0 Å². The third-order valence-corrected chi connectivity index (χ3v) is 5.69. The van der Waals surface area contributed by atoms with Crippen molar-refractivity contribution in [2.45, 2.75) is 13.8 Å². The number of fused-ring (bicyclic) bond motifs is 1. The van der Waals surface area contributed by atoms with E-state index in [2.05, 4.69) is 65.9 Å². The molecule has 130 valence electrons. The van der Waals surface area contributed by atoms with Crippen molar-refractivity contribution in [1.82, 2.24) is 4.98 Å². The van der Waals surface area contributed by atoms with Gasteiger partial charge in [0.15, 0.2) is 0 Å². The fourth-order valence-electron chi connectivity index (χ4n) is 3.25.